The molecule has 32 heavy (non-hydrogen) atoms. The van der Waals surface area contributed by atoms with Crippen LogP contribution in [-0.2, 0) is 0 Å². The van der Waals surface area contributed by atoms with Crippen molar-refractivity contribution >= 4 is 28.4 Å². The summed E-state index contributed by atoms with van der Waals surface area (Å²) in [6.45, 7) is 2.88. The van der Waals surface area contributed by atoms with Gasteiger partial charge in [0.2, 0.25) is 5.56 Å². The van der Waals surface area contributed by atoms with Gasteiger partial charge in [-0.1, -0.05) is 19.1 Å². The van der Waals surface area contributed by atoms with Crippen molar-refractivity contribution in [1.29, 1.82) is 0 Å². The SMILES string of the molecule is CCSCC(C)(C(Nc1cccc2[nH]c(=O)ccc12)c1ccc(OC)cc1F)C(F)(F)F. The second kappa shape index (κ2) is 9.44. The minimum absolute atomic E-state index is 0.122. The number of benzene rings is 2. The van der Waals surface area contributed by atoms with Crippen LogP contribution in [0.5, 0.6) is 5.75 Å². The van der Waals surface area contributed by atoms with Crippen LogP contribution in [0.15, 0.2) is 53.3 Å². The van der Waals surface area contributed by atoms with Gasteiger partial charge in [0, 0.05) is 34.5 Å². The Labute approximate surface area is 187 Å². The summed E-state index contributed by atoms with van der Waals surface area (Å²) in [4.78, 5) is 14.3. The van der Waals surface area contributed by atoms with Gasteiger partial charge in [0.05, 0.1) is 24.1 Å². The number of nitrogens with one attached hydrogen (secondary N) is 2. The number of aromatic nitrogens is 1. The Kier molecular flexibility index (Phi) is 7.07. The van der Waals surface area contributed by atoms with Crippen LogP contribution in [0.2, 0.25) is 0 Å². The first kappa shape index (κ1) is 24.0. The molecule has 2 unspecified atom stereocenters. The zero-order chi connectivity index (χ0) is 23.5. The molecule has 0 aliphatic rings. The summed E-state index contributed by atoms with van der Waals surface area (Å²) < 4.78 is 63.5. The maximum absolute atomic E-state index is 15.1. The lowest BCUT2D eigenvalue weighted by atomic mass is 9.79. The quantitative estimate of drug-likeness (QED) is 0.390. The fraction of sp³-hybridized carbons (Fsp3) is 0.348. The lowest BCUT2D eigenvalue weighted by molar-refractivity contribution is -0.215. The molecule has 0 aliphatic heterocycles. The highest BCUT2D eigenvalue weighted by Gasteiger charge is 2.56. The van der Waals surface area contributed by atoms with E-state index >= 15 is 4.39 Å². The summed E-state index contributed by atoms with van der Waals surface area (Å²) in [5.41, 5.74) is -1.92. The van der Waals surface area contributed by atoms with Gasteiger partial charge in [0.1, 0.15) is 11.6 Å². The van der Waals surface area contributed by atoms with Gasteiger partial charge >= 0.3 is 6.18 Å². The second-order valence-electron chi connectivity index (χ2n) is 7.61. The van der Waals surface area contributed by atoms with E-state index in [4.69, 9.17) is 4.74 Å². The van der Waals surface area contributed by atoms with Crippen molar-refractivity contribution < 1.29 is 22.3 Å². The number of ether oxygens (including phenoxy) is 1. The van der Waals surface area contributed by atoms with E-state index in [9.17, 15) is 18.0 Å². The fourth-order valence-corrected chi connectivity index (χ4v) is 4.52. The molecular formula is C23H24F4N2O2S. The lowest BCUT2D eigenvalue weighted by Gasteiger charge is -2.40. The Bertz CT molecular complexity index is 1150. The molecule has 1 aromatic heterocycles. The van der Waals surface area contributed by atoms with Crippen molar-refractivity contribution in [3.8, 4) is 5.75 Å². The molecule has 9 heteroatoms. The first-order valence-corrected chi connectivity index (χ1v) is 11.1. The maximum atomic E-state index is 15.1. The number of thioether (sulfide) groups is 1. The predicted octanol–water partition coefficient (Wildman–Crippen LogP) is 6.15. The van der Waals surface area contributed by atoms with Crippen molar-refractivity contribution in [2.24, 2.45) is 5.41 Å². The second-order valence-corrected chi connectivity index (χ2v) is 8.88. The third-order valence-electron chi connectivity index (χ3n) is 5.47. The first-order chi connectivity index (χ1) is 15.1. The summed E-state index contributed by atoms with van der Waals surface area (Å²) in [7, 11) is 1.36. The van der Waals surface area contributed by atoms with Crippen LogP contribution in [0.1, 0.15) is 25.5 Å². The van der Waals surface area contributed by atoms with Crippen molar-refractivity contribution in [1.82, 2.24) is 4.98 Å². The average Bonchev–Trinajstić information content (AvgIpc) is 2.75. The van der Waals surface area contributed by atoms with Crippen LogP contribution in [-0.4, -0.2) is 29.8 Å². The summed E-state index contributed by atoms with van der Waals surface area (Å²) >= 11 is 1.14. The summed E-state index contributed by atoms with van der Waals surface area (Å²) in [5, 5.41) is 3.48. The Balaban J connectivity index is 2.20. The van der Waals surface area contributed by atoms with E-state index in [2.05, 4.69) is 10.3 Å². The Morgan fingerprint density at radius 1 is 1.16 bits per heavy atom. The molecule has 0 saturated heterocycles. The number of pyridine rings is 1. The van der Waals surface area contributed by atoms with Gasteiger partial charge in [-0.15, -0.1) is 0 Å². The number of aromatic amines is 1. The normalized spacial score (nSPS) is 14.7. The molecule has 4 nitrogen and oxygen atoms in total. The molecule has 0 fully saturated rings. The highest BCUT2D eigenvalue weighted by Crippen LogP contribution is 2.51. The summed E-state index contributed by atoms with van der Waals surface area (Å²) in [5.74, 6) is -0.367. The topological polar surface area (TPSA) is 54.1 Å². The van der Waals surface area contributed by atoms with Crippen molar-refractivity contribution in [3.05, 3.63) is 70.3 Å². The molecule has 0 radical (unpaired) electrons. The number of alkyl halides is 3. The van der Waals surface area contributed by atoms with Gasteiger partial charge in [-0.2, -0.15) is 24.9 Å². The zero-order valence-corrected chi connectivity index (χ0v) is 18.7. The maximum Gasteiger partial charge on any atom is 0.397 e. The number of anilines is 1. The van der Waals surface area contributed by atoms with E-state index in [0.717, 1.165) is 24.8 Å². The third kappa shape index (κ3) is 4.72. The number of hydrogen-bond donors (Lipinski definition) is 2. The highest BCUT2D eigenvalue weighted by molar-refractivity contribution is 7.99. The molecule has 2 atom stereocenters. The average molecular weight is 469 g/mol. The van der Waals surface area contributed by atoms with Gasteiger partial charge in [0.25, 0.3) is 0 Å². The van der Waals surface area contributed by atoms with E-state index in [0.29, 0.717) is 22.3 Å². The predicted molar refractivity (Wildman–Crippen MR) is 121 cm³/mol. The van der Waals surface area contributed by atoms with Gasteiger partial charge < -0.3 is 15.0 Å². The lowest BCUT2D eigenvalue weighted by Crippen LogP contribution is -2.46. The number of methoxy groups -OCH3 is 1. The monoisotopic (exact) mass is 468 g/mol. The summed E-state index contributed by atoms with van der Waals surface area (Å²) in [6.07, 6.45) is -4.63. The molecule has 1 heterocycles. The third-order valence-corrected chi connectivity index (χ3v) is 6.69. The van der Waals surface area contributed by atoms with Gasteiger partial charge in [0.15, 0.2) is 0 Å². The van der Waals surface area contributed by atoms with Crippen molar-refractivity contribution in [2.45, 2.75) is 26.1 Å². The van der Waals surface area contributed by atoms with Crippen LogP contribution in [0.4, 0.5) is 23.2 Å². The molecule has 0 saturated carbocycles. The van der Waals surface area contributed by atoms with E-state index in [1.165, 1.54) is 31.4 Å². The Morgan fingerprint density at radius 3 is 2.53 bits per heavy atom. The number of halogens is 4. The molecule has 0 spiro atoms. The first-order valence-electron chi connectivity index (χ1n) is 9.97. The van der Waals surface area contributed by atoms with Gasteiger partial charge in [-0.05, 0) is 36.9 Å². The van der Waals surface area contributed by atoms with Crippen LogP contribution in [0.25, 0.3) is 10.9 Å². The largest absolute Gasteiger partial charge is 0.497 e. The zero-order valence-electron chi connectivity index (χ0n) is 17.8. The van der Waals surface area contributed by atoms with Crippen LogP contribution in [0.3, 0.4) is 0 Å². The van der Waals surface area contributed by atoms with Crippen LogP contribution in [0, 0.1) is 11.2 Å². The Morgan fingerprint density at radius 2 is 1.91 bits per heavy atom. The molecule has 0 aliphatic carbocycles. The van der Waals surface area contributed by atoms with Gasteiger partial charge in [-0.25, -0.2) is 4.39 Å². The number of hydrogen-bond acceptors (Lipinski definition) is 4. The van der Waals surface area contributed by atoms with Crippen molar-refractivity contribution in [3.63, 3.8) is 0 Å². The minimum Gasteiger partial charge on any atom is -0.497 e. The van der Waals surface area contributed by atoms with E-state index < -0.39 is 23.5 Å². The summed E-state index contributed by atoms with van der Waals surface area (Å²) in [6, 6.07) is 10.1. The molecule has 3 aromatic rings. The van der Waals surface area contributed by atoms with Crippen LogP contribution >= 0.6 is 11.8 Å². The molecule has 0 amide bonds. The van der Waals surface area contributed by atoms with Gasteiger partial charge in [-0.3, -0.25) is 4.79 Å². The fourth-order valence-electron chi connectivity index (χ4n) is 3.56. The smallest absolute Gasteiger partial charge is 0.397 e. The molecule has 2 N–H and O–H groups in total. The van der Waals surface area contributed by atoms with Crippen LogP contribution < -0.4 is 15.6 Å². The van der Waals surface area contributed by atoms with E-state index in [-0.39, 0.29) is 22.6 Å². The number of H-pyrrole nitrogens is 1. The molecular weight excluding hydrogens is 444 g/mol. The number of rotatable bonds is 8. The molecule has 172 valence electrons. The van der Waals surface area contributed by atoms with E-state index in [1.807, 2.05) is 0 Å². The highest BCUT2D eigenvalue weighted by atomic mass is 32.2. The Hall–Kier alpha value is -2.68. The number of fused-ring (bicyclic) bond motifs is 1. The standard InChI is InChI=1S/C23H24F4N2O2S/c1-4-32-13-22(2,23(25,26)27)21(15-9-8-14(31-3)12-17(15)24)29-19-7-5-6-18-16(19)10-11-20(30)28-18/h5-12,21,29H,4,13H2,1-3H3,(H,28,30). The van der Waals surface area contributed by atoms with E-state index in [1.54, 1.807) is 25.1 Å². The van der Waals surface area contributed by atoms with Crippen molar-refractivity contribution in [2.75, 3.05) is 23.9 Å². The molecule has 3 rings (SSSR count). The molecule has 2 aromatic carbocycles. The minimum atomic E-state index is -4.63. The molecule has 0 bridgehead atoms.